The molecule has 0 saturated carbocycles. The van der Waals surface area contributed by atoms with Crippen LogP contribution in [0.15, 0.2) is 5.38 Å². The van der Waals surface area contributed by atoms with Crippen molar-refractivity contribution in [1.29, 1.82) is 0 Å². The van der Waals surface area contributed by atoms with Gasteiger partial charge in [-0.15, -0.1) is 11.3 Å². The SMILES string of the molecule is NCCNC(=O)Cc1csc(N)n1. The second-order valence-electron chi connectivity index (χ2n) is 2.49. The van der Waals surface area contributed by atoms with Gasteiger partial charge in [0.2, 0.25) is 5.91 Å². The van der Waals surface area contributed by atoms with E-state index in [1.54, 1.807) is 5.38 Å². The summed E-state index contributed by atoms with van der Waals surface area (Å²) >= 11 is 1.33. The maximum atomic E-state index is 11.1. The molecule has 0 radical (unpaired) electrons. The van der Waals surface area contributed by atoms with E-state index in [1.807, 2.05) is 0 Å². The first-order valence-electron chi connectivity index (χ1n) is 3.89. The number of nitrogens with zero attached hydrogens (tertiary/aromatic N) is 1. The Morgan fingerprint density at radius 3 is 3.00 bits per heavy atom. The number of thiazole rings is 1. The third-order valence-electron chi connectivity index (χ3n) is 1.38. The van der Waals surface area contributed by atoms with Crippen LogP contribution < -0.4 is 16.8 Å². The predicted molar refractivity (Wildman–Crippen MR) is 52.3 cm³/mol. The molecule has 13 heavy (non-hydrogen) atoms. The highest BCUT2D eigenvalue weighted by Crippen LogP contribution is 2.10. The lowest BCUT2D eigenvalue weighted by molar-refractivity contribution is -0.120. The van der Waals surface area contributed by atoms with E-state index >= 15 is 0 Å². The van der Waals surface area contributed by atoms with E-state index < -0.39 is 0 Å². The highest BCUT2D eigenvalue weighted by atomic mass is 32.1. The maximum absolute atomic E-state index is 11.1. The van der Waals surface area contributed by atoms with Crippen molar-refractivity contribution in [3.8, 4) is 0 Å². The molecule has 5 N–H and O–H groups in total. The summed E-state index contributed by atoms with van der Waals surface area (Å²) in [6.07, 6.45) is 0.272. The minimum absolute atomic E-state index is 0.0734. The van der Waals surface area contributed by atoms with Gasteiger partial charge in [-0.25, -0.2) is 4.98 Å². The Bertz CT molecular complexity index is 286. The molecule has 1 aromatic heterocycles. The molecule has 0 unspecified atom stereocenters. The van der Waals surface area contributed by atoms with Gasteiger partial charge in [-0.05, 0) is 0 Å². The van der Waals surface area contributed by atoms with Crippen LogP contribution >= 0.6 is 11.3 Å². The first kappa shape index (κ1) is 9.94. The number of anilines is 1. The smallest absolute Gasteiger partial charge is 0.226 e. The zero-order valence-corrected chi connectivity index (χ0v) is 7.93. The van der Waals surface area contributed by atoms with Crippen molar-refractivity contribution in [2.24, 2.45) is 5.73 Å². The molecular formula is C7H12N4OS. The second kappa shape index (κ2) is 4.78. The molecule has 72 valence electrons. The Morgan fingerprint density at radius 1 is 1.69 bits per heavy atom. The summed E-state index contributed by atoms with van der Waals surface area (Å²) in [5.41, 5.74) is 11.3. The number of carbonyl (C=O) groups is 1. The standard InChI is InChI=1S/C7H12N4OS/c8-1-2-10-6(12)3-5-4-13-7(9)11-5/h4H,1-3,8H2,(H2,9,11)(H,10,12). The van der Waals surface area contributed by atoms with Gasteiger partial charge in [-0.2, -0.15) is 0 Å². The van der Waals surface area contributed by atoms with Gasteiger partial charge in [-0.1, -0.05) is 0 Å². The van der Waals surface area contributed by atoms with Gasteiger partial charge in [0.25, 0.3) is 0 Å². The summed E-state index contributed by atoms with van der Waals surface area (Å²) in [4.78, 5) is 15.1. The van der Waals surface area contributed by atoms with Crippen LogP contribution in [0.2, 0.25) is 0 Å². The van der Waals surface area contributed by atoms with Crippen LogP contribution in [0.1, 0.15) is 5.69 Å². The number of hydrogen-bond donors (Lipinski definition) is 3. The van der Waals surface area contributed by atoms with Crippen LogP contribution in [0.3, 0.4) is 0 Å². The highest BCUT2D eigenvalue weighted by molar-refractivity contribution is 7.13. The van der Waals surface area contributed by atoms with E-state index in [4.69, 9.17) is 11.5 Å². The molecule has 0 fully saturated rings. The number of carbonyl (C=O) groups excluding carboxylic acids is 1. The molecule has 0 saturated heterocycles. The van der Waals surface area contributed by atoms with Gasteiger partial charge in [-0.3, -0.25) is 4.79 Å². The Morgan fingerprint density at radius 2 is 2.46 bits per heavy atom. The number of nitrogens with one attached hydrogen (secondary N) is 1. The number of nitrogens with two attached hydrogens (primary N) is 2. The highest BCUT2D eigenvalue weighted by Gasteiger charge is 2.04. The normalized spacial score (nSPS) is 9.92. The number of rotatable bonds is 4. The second-order valence-corrected chi connectivity index (χ2v) is 3.38. The van der Waals surface area contributed by atoms with Crippen molar-refractivity contribution in [2.45, 2.75) is 6.42 Å². The molecule has 1 rings (SSSR count). The van der Waals surface area contributed by atoms with E-state index in [0.717, 1.165) is 0 Å². The lowest BCUT2D eigenvalue weighted by atomic mass is 10.3. The number of nitrogen functional groups attached to an aromatic ring is 1. The fourth-order valence-electron chi connectivity index (χ4n) is 0.842. The molecule has 1 amide bonds. The van der Waals surface area contributed by atoms with Crippen LogP contribution in [0.4, 0.5) is 5.13 Å². The third kappa shape index (κ3) is 3.39. The number of hydrogen-bond acceptors (Lipinski definition) is 5. The number of amides is 1. The first-order chi connectivity index (χ1) is 6.22. The molecule has 0 spiro atoms. The van der Waals surface area contributed by atoms with Crippen LogP contribution in [0.5, 0.6) is 0 Å². The maximum Gasteiger partial charge on any atom is 0.226 e. The lowest BCUT2D eigenvalue weighted by Crippen LogP contribution is -2.30. The third-order valence-corrected chi connectivity index (χ3v) is 2.10. The van der Waals surface area contributed by atoms with Gasteiger partial charge < -0.3 is 16.8 Å². The fourth-order valence-corrected chi connectivity index (χ4v) is 1.41. The molecule has 1 aromatic rings. The monoisotopic (exact) mass is 200 g/mol. The Balaban J connectivity index is 2.36. The molecule has 0 aliphatic carbocycles. The first-order valence-corrected chi connectivity index (χ1v) is 4.77. The van der Waals surface area contributed by atoms with Crippen molar-refractivity contribution in [1.82, 2.24) is 10.3 Å². The van der Waals surface area contributed by atoms with Crippen molar-refractivity contribution in [3.05, 3.63) is 11.1 Å². The summed E-state index contributed by atoms with van der Waals surface area (Å²) in [6.45, 7) is 0.948. The van der Waals surface area contributed by atoms with Gasteiger partial charge in [0, 0.05) is 18.5 Å². The average Bonchev–Trinajstić information content (AvgIpc) is 2.48. The molecular weight excluding hydrogens is 188 g/mol. The van der Waals surface area contributed by atoms with E-state index in [9.17, 15) is 4.79 Å². The van der Waals surface area contributed by atoms with Crippen LogP contribution in [-0.2, 0) is 11.2 Å². The predicted octanol–water partition coefficient (Wildman–Crippen LogP) is -0.657. The molecule has 0 aliphatic heterocycles. The fraction of sp³-hybridized carbons (Fsp3) is 0.429. The zero-order chi connectivity index (χ0) is 9.68. The lowest BCUT2D eigenvalue weighted by Gasteiger charge is -2.00. The van der Waals surface area contributed by atoms with E-state index in [1.165, 1.54) is 11.3 Å². The largest absolute Gasteiger partial charge is 0.375 e. The summed E-state index contributed by atoms with van der Waals surface area (Å²) in [6, 6.07) is 0. The molecule has 0 aliphatic rings. The minimum atomic E-state index is -0.0734. The Hall–Kier alpha value is -1.14. The average molecular weight is 200 g/mol. The van der Waals surface area contributed by atoms with E-state index in [-0.39, 0.29) is 12.3 Å². The van der Waals surface area contributed by atoms with Crippen molar-refractivity contribution in [3.63, 3.8) is 0 Å². The summed E-state index contributed by atoms with van der Waals surface area (Å²) in [7, 11) is 0. The zero-order valence-electron chi connectivity index (χ0n) is 7.12. The van der Waals surface area contributed by atoms with Crippen LogP contribution in [-0.4, -0.2) is 24.0 Å². The summed E-state index contributed by atoms with van der Waals surface area (Å²) in [5.74, 6) is -0.0734. The Kier molecular flexibility index (Phi) is 3.66. The quantitative estimate of drug-likeness (QED) is 0.601. The number of aromatic nitrogens is 1. The molecule has 1 heterocycles. The molecule has 5 nitrogen and oxygen atoms in total. The van der Waals surface area contributed by atoms with Crippen molar-refractivity contribution >= 4 is 22.4 Å². The molecule has 0 atom stereocenters. The van der Waals surface area contributed by atoms with Crippen LogP contribution in [0.25, 0.3) is 0 Å². The van der Waals surface area contributed by atoms with Crippen LogP contribution in [0, 0.1) is 0 Å². The van der Waals surface area contributed by atoms with Crippen molar-refractivity contribution in [2.75, 3.05) is 18.8 Å². The topological polar surface area (TPSA) is 94.0 Å². The van der Waals surface area contributed by atoms with E-state index in [2.05, 4.69) is 10.3 Å². The van der Waals surface area contributed by atoms with Crippen molar-refractivity contribution < 1.29 is 4.79 Å². The van der Waals surface area contributed by atoms with Gasteiger partial charge in [0.1, 0.15) is 0 Å². The molecule has 0 aromatic carbocycles. The van der Waals surface area contributed by atoms with Gasteiger partial charge in [0.05, 0.1) is 12.1 Å². The molecule has 0 bridgehead atoms. The van der Waals surface area contributed by atoms with Gasteiger partial charge in [0.15, 0.2) is 5.13 Å². The summed E-state index contributed by atoms with van der Waals surface area (Å²) < 4.78 is 0. The molecule has 6 heteroatoms. The van der Waals surface area contributed by atoms with Gasteiger partial charge >= 0.3 is 0 Å². The minimum Gasteiger partial charge on any atom is -0.375 e. The summed E-state index contributed by atoms with van der Waals surface area (Å²) in [5, 5.41) is 4.91. The van der Waals surface area contributed by atoms with E-state index in [0.29, 0.717) is 23.9 Å². The Labute approximate surface area is 80.1 Å².